The van der Waals surface area contributed by atoms with Crippen molar-refractivity contribution in [3.63, 3.8) is 0 Å². The Morgan fingerprint density at radius 1 is 1.18 bits per heavy atom. The van der Waals surface area contributed by atoms with Crippen LogP contribution in [-0.4, -0.2) is 28.2 Å². The molecule has 0 fully saturated rings. The largest absolute Gasteiger partial charge is 0.507 e. The van der Waals surface area contributed by atoms with Gasteiger partial charge in [-0.1, -0.05) is 18.2 Å². The van der Waals surface area contributed by atoms with Crippen LogP contribution in [0.3, 0.4) is 0 Å². The van der Waals surface area contributed by atoms with Crippen molar-refractivity contribution < 1.29 is 24.5 Å². The Balaban J connectivity index is 1.71. The van der Waals surface area contributed by atoms with Crippen molar-refractivity contribution in [1.82, 2.24) is 0 Å². The smallest absolute Gasteiger partial charge is 0.339 e. The number of benzene rings is 2. The number of aromatic carboxylic acids is 1. The van der Waals surface area contributed by atoms with Crippen molar-refractivity contribution in [2.75, 3.05) is 5.32 Å². The number of carbonyl (C=O) groups is 2. The van der Waals surface area contributed by atoms with Gasteiger partial charge in [-0.2, -0.15) is 0 Å². The molecule has 1 amide bonds. The quantitative estimate of drug-likeness (QED) is 0.806. The summed E-state index contributed by atoms with van der Waals surface area (Å²) in [6.07, 6.45) is -0.167. The maximum atomic E-state index is 12.2. The summed E-state index contributed by atoms with van der Waals surface area (Å²) in [7, 11) is 0. The molecule has 1 aliphatic rings. The third-order valence-corrected chi connectivity index (χ3v) is 3.44. The highest BCUT2D eigenvalue weighted by Crippen LogP contribution is 2.29. The summed E-state index contributed by atoms with van der Waals surface area (Å²) in [4.78, 5) is 23.0. The van der Waals surface area contributed by atoms with E-state index >= 15 is 0 Å². The maximum absolute atomic E-state index is 12.2. The van der Waals surface area contributed by atoms with E-state index in [2.05, 4.69) is 5.32 Å². The number of anilines is 1. The molecule has 0 saturated carbocycles. The highest BCUT2D eigenvalue weighted by molar-refractivity contribution is 5.97. The third-order valence-electron chi connectivity index (χ3n) is 3.44. The molecule has 0 bridgehead atoms. The summed E-state index contributed by atoms with van der Waals surface area (Å²) in [5.41, 5.74) is 1.06. The average Bonchev–Trinajstić information content (AvgIpc) is 2.91. The zero-order chi connectivity index (χ0) is 15.7. The van der Waals surface area contributed by atoms with E-state index in [0.29, 0.717) is 17.9 Å². The van der Waals surface area contributed by atoms with E-state index in [9.17, 15) is 14.7 Å². The van der Waals surface area contributed by atoms with E-state index in [1.165, 1.54) is 18.2 Å². The third kappa shape index (κ3) is 2.58. The predicted octanol–water partition coefficient (Wildman–Crippen LogP) is 2.03. The second kappa shape index (κ2) is 5.40. The minimum absolute atomic E-state index is 0.220. The molecule has 0 radical (unpaired) electrons. The number of carbonyl (C=O) groups excluding carboxylic acids is 1. The van der Waals surface area contributed by atoms with Gasteiger partial charge in [0, 0.05) is 18.2 Å². The number of rotatable bonds is 3. The highest BCUT2D eigenvalue weighted by Gasteiger charge is 2.28. The number of fused-ring (bicyclic) bond motifs is 1. The number of hydrogen-bond acceptors (Lipinski definition) is 4. The van der Waals surface area contributed by atoms with Gasteiger partial charge in [-0.05, 0) is 23.8 Å². The van der Waals surface area contributed by atoms with E-state index in [-0.39, 0.29) is 11.5 Å². The van der Waals surface area contributed by atoms with Crippen LogP contribution in [0.25, 0.3) is 0 Å². The highest BCUT2D eigenvalue weighted by atomic mass is 16.5. The number of aromatic hydroxyl groups is 1. The van der Waals surface area contributed by atoms with E-state index < -0.39 is 17.8 Å². The summed E-state index contributed by atoms with van der Waals surface area (Å²) in [6, 6.07) is 11.3. The van der Waals surface area contributed by atoms with Crippen molar-refractivity contribution in [2.45, 2.75) is 12.5 Å². The van der Waals surface area contributed by atoms with Crippen molar-refractivity contribution in [2.24, 2.45) is 0 Å². The lowest BCUT2D eigenvalue weighted by molar-refractivity contribution is -0.122. The number of nitrogens with one attached hydrogen (secondary N) is 1. The number of carboxylic acid groups (broad SMARTS) is 1. The van der Waals surface area contributed by atoms with E-state index in [4.69, 9.17) is 9.84 Å². The van der Waals surface area contributed by atoms with Crippen LogP contribution in [0.1, 0.15) is 15.9 Å². The Bertz CT molecular complexity index is 731. The molecule has 0 aliphatic carbocycles. The van der Waals surface area contributed by atoms with Crippen molar-refractivity contribution in [3.05, 3.63) is 53.6 Å². The number of para-hydroxylation sites is 1. The van der Waals surface area contributed by atoms with Crippen LogP contribution in [0.4, 0.5) is 5.69 Å². The molecule has 3 N–H and O–H groups in total. The van der Waals surface area contributed by atoms with Crippen molar-refractivity contribution in [1.29, 1.82) is 0 Å². The number of amides is 1. The zero-order valence-electron chi connectivity index (χ0n) is 11.4. The number of carboxylic acids is 1. The summed E-state index contributed by atoms with van der Waals surface area (Å²) in [5.74, 6) is -1.30. The van der Waals surface area contributed by atoms with Crippen LogP contribution in [0, 0.1) is 0 Å². The fourth-order valence-corrected chi connectivity index (χ4v) is 2.34. The van der Waals surface area contributed by atoms with Gasteiger partial charge in [0.1, 0.15) is 17.1 Å². The van der Waals surface area contributed by atoms with Gasteiger partial charge in [0.25, 0.3) is 5.91 Å². The van der Waals surface area contributed by atoms with Crippen LogP contribution in [0.15, 0.2) is 42.5 Å². The van der Waals surface area contributed by atoms with Crippen molar-refractivity contribution >= 4 is 17.6 Å². The normalized spacial score (nSPS) is 15.7. The van der Waals surface area contributed by atoms with Crippen LogP contribution in [0.2, 0.25) is 0 Å². The van der Waals surface area contributed by atoms with Gasteiger partial charge in [0.15, 0.2) is 6.10 Å². The Hall–Kier alpha value is -3.02. The SMILES string of the molecule is O=C(O)c1ccc(NC(=O)C2Cc3ccccc3O2)cc1O. The summed E-state index contributed by atoms with van der Waals surface area (Å²) in [5, 5.41) is 21.1. The second-order valence-electron chi connectivity index (χ2n) is 4.94. The van der Waals surface area contributed by atoms with E-state index in [1.807, 2.05) is 18.2 Å². The Kier molecular flexibility index (Phi) is 3.42. The first-order valence-corrected chi connectivity index (χ1v) is 6.66. The summed E-state index contributed by atoms with van der Waals surface area (Å²) >= 11 is 0. The molecule has 2 aromatic carbocycles. The van der Waals surface area contributed by atoms with Crippen LogP contribution >= 0.6 is 0 Å². The molecule has 6 nitrogen and oxygen atoms in total. The van der Waals surface area contributed by atoms with Gasteiger partial charge >= 0.3 is 5.97 Å². The fourth-order valence-electron chi connectivity index (χ4n) is 2.34. The van der Waals surface area contributed by atoms with Gasteiger partial charge < -0.3 is 20.3 Å². The van der Waals surface area contributed by atoms with Gasteiger partial charge in [-0.3, -0.25) is 4.79 Å². The molecule has 112 valence electrons. The first-order chi connectivity index (χ1) is 10.5. The lowest BCUT2D eigenvalue weighted by Crippen LogP contribution is -2.31. The standard InChI is InChI=1S/C16H13NO5/c18-12-8-10(5-6-11(12)16(20)21)17-15(19)14-7-9-3-1-2-4-13(9)22-14/h1-6,8,14,18H,7H2,(H,17,19)(H,20,21). The lowest BCUT2D eigenvalue weighted by atomic mass is 10.1. The van der Waals surface area contributed by atoms with E-state index in [1.54, 1.807) is 6.07 Å². The summed E-state index contributed by atoms with van der Waals surface area (Å²) < 4.78 is 5.56. The van der Waals surface area contributed by atoms with Gasteiger partial charge in [-0.25, -0.2) is 4.79 Å². The number of phenols is 1. The monoisotopic (exact) mass is 299 g/mol. The zero-order valence-corrected chi connectivity index (χ0v) is 11.4. The molecular formula is C16H13NO5. The second-order valence-corrected chi connectivity index (χ2v) is 4.94. The minimum Gasteiger partial charge on any atom is -0.507 e. The fraction of sp³-hybridized carbons (Fsp3) is 0.125. The van der Waals surface area contributed by atoms with Crippen LogP contribution < -0.4 is 10.1 Å². The molecule has 1 heterocycles. The first-order valence-electron chi connectivity index (χ1n) is 6.66. The molecule has 22 heavy (non-hydrogen) atoms. The molecule has 0 spiro atoms. The molecular weight excluding hydrogens is 286 g/mol. The molecule has 0 aromatic heterocycles. The minimum atomic E-state index is -1.23. The Morgan fingerprint density at radius 2 is 1.95 bits per heavy atom. The predicted molar refractivity (Wildman–Crippen MR) is 78.3 cm³/mol. The van der Waals surface area contributed by atoms with Gasteiger partial charge in [-0.15, -0.1) is 0 Å². The van der Waals surface area contributed by atoms with E-state index in [0.717, 1.165) is 5.56 Å². The Labute approximate surface area is 126 Å². The molecule has 6 heteroatoms. The molecule has 1 unspecified atom stereocenters. The maximum Gasteiger partial charge on any atom is 0.339 e. The molecule has 2 aromatic rings. The topological polar surface area (TPSA) is 95.9 Å². The number of hydrogen-bond donors (Lipinski definition) is 3. The van der Waals surface area contributed by atoms with Gasteiger partial charge in [0.05, 0.1) is 0 Å². The number of ether oxygens (including phenoxy) is 1. The summed E-state index contributed by atoms with van der Waals surface area (Å²) in [6.45, 7) is 0. The first kappa shape index (κ1) is 13.9. The van der Waals surface area contributed by atoms with Crippen molar-refractivity contribution in [3.8, 4) is 11.5 Å². The molecule has 3 rings (SSSR count). The molecule has 1 atom stereocenters. The van der Waals surface area contributed by atoms with Gasteiger partial charge in [0.2, 0.25) is 0 Å². The molecule has 1 aliphatic heterocycles. The lowest BCUT2D eigenvalue weighted by Gasteiger charge is -2.12. The van der Waals surface area contributed by atoms with Crippen LogP contribution in [0.5, 0.6) is 11.5 Å². The average molecular weight is 299 g/mol. The Morgan fingerprint density at radius 3 is 2.64 bits per heavy atom. The molecule has 0 saturated heterocycles. The van der Waals surface area contributed by atoms with Crippen LogP contribution in [-0.2, 0) is 11.2 Å².